The molecule has 2 heterocycles. The number of aromatic nitrogens is 2. The Morgan fingerprint density at radius 1 is 1.37 bits per heavy atom. The molecule has 19 heavy (non-hydrogen) atoms. The van der Waals surface area contributed by atoms with Crippen LogP contribution in [0, 0.1) is 0 Å². The molecule has 1 aromatic heterocycles. The third-order valence-corrected chi connectivity index (χ3v) is 3.93. The highest BCUT2D eigenvalue weighted by Gasteiger charge is 2.24. The summed E-state index contributed by atoms with van der Waals surface area (Å²) in [4.78, 5) is 0. The zero-order chi connectivity index (χ0) is 13.2. The first-order valence-corrected chi connectivity index (χ1v) is 7.13. The van der Waals surface area contributed by atoms with Crippen LogP contribution < -0.4 is 5.32 Å². The quantitative estimate of drug-likeness (QED) is 0.910. The smallest absolute Gasteiger partial charge is 0.0521 e. The summed E-state index contributed by atoms with van der Waals surface area (Å²) in [5.41, 5.74) is 4.09. The lowest BCUT2D eigenvalue weighted by Crippen LogP contribution is -2.26. The van der Waals surface area contributed by atoms with Gasteiger partial charge in [-0.25, -0.2) is 0 Å². The summed E-state index contributed by atoms with van der Waals surface area (Å²) in [6.07, 6.45) is 6.46. The molecule has 2 atom stereocenters. The van der Waals surface area contributed by atoms with Crippen LogP contribution in [0.15, 0.2) is 36.7 Å². The summed E-state index contributed by atoms with van der Waals surface area (Å²) >= 11 is 0. The van der Waals surface area contributed by atoms with Gasteiger partial charge in [0.25, 0.3) is 0 Å². The molecule has 0 fully saturated rings. The van der Waals surface area contributed by atoms with Crippen molar-refractivity contribution in [2.75, 3.05) is 5.32 Å². The van der Waals surface area contributed by atoms with Gasteiger partial charge in [0.05, 0.1) is 6.20 Å². The van der Waals surface area contributed by atoms with Gasteiger partial charge in [-0.2, -0.15) is 5.10 Å². The predicted octanol–water partition coefficient (Wildman–Crippen LogP) is 3.43. The number of anilines is 1. The number of nitrogens with zero attached hydrogens (tertiary/aromatic N) is 2. The maximum atomic E-state index is 4.38. The minimum atomic E-state index is 0.543. The Balaban J connectivity index is 1.84. The molecule has 0 spiro atoms. The molecule has 2 unspecified atom stereocenters. The van der Waals surface area contributed by atoms with Gasteiger partial charge in [-0.05, 0) is 49.8 Å². The molecule has 3 heteroatoms. The fraction of sp³-hybridized carbons (Fsp3) is 0.438. The molecular weight excluding hydrogens is 234 g/mol. The number of rotatable bonds is 3. The van der Waals surface area contributed by atoms with E-state index >= 15 is 0 Å². The summed E-state index contributed by atoms with van der Waals surface area (Å²) in [5, 5.41) is 7.95. The highest BCUT2D eigenvalue weighted by molar-refractivity contribution is 5.55. The van der Waals surface area contributed by atoms with Crippen LogP contribution in [0.25, 0.3) is 0 Å². The first-order chi connectivity index (χ1) is 9.26. The first kappa shape index (κ1) is 12.3. The van der Waals surface area contributed by atoms with Crippen molar-refractivity contribution in [1.82, 2.24) is 9.78 Å². The van der Waals surface area contributed by atoms with Gasteiger partial charge in [0.1, 0.15) is 0 Å². The van der Waals surface area contributed by atoms with Crippen molar-refractivity contribution in [3.8, 4) is 0 Å². The monoisotopic (exact) mass is 255 g/mol. The number of hydrogen-bond donors (Lipinski definition) is 1. The Bertz CT molecular complexity index is 559. The van der Waals surface area contributed by atoms with Gasteiger partial charge < -0.3 is 5.32 Å². The summed E-state index contributed by atoms with van der Waals surface area (Å²) in [6, 6.07) is 9.23. The van der Waals surface area contributed by atoms with E-state index in [2.05, 4.69) is 54.7 Å². The van der Waals surface area contributed by atoms with E-state index in [1.807, 2.05) is 10.9 Å². The summed E-state index contributed by atoms with van der Waals surface area (Å²) in [5.74, 6) is 0.599. The van der Waals surface area contributed by atoms with Crippen LogP contribution in [0.1, 0.15) is 37.3 Å². The fourth-order valence-electron chi connectivity index (χ4n) is 3.03. The molecule has 1 aliphatic rings. The number of para-hydroxylation sites is 1. The van der Waals surface area contributed by atoms with Crippen molar-refractivity contribution >= 4 is 5.69 Å². The molecular formula is C16H21N3. The van der Waals surface area contributed by atoms with Crippen molar-refractivity contribution in [2.45, 2.75) is 45.2 Å². The van der Waals surface area contributed by atoms with Gasteiger partial charge in [0, 0.05) is 24.5 Å². The van der Waals surface area contributed by atoms with Crippen molar-refractivity contribution in [3.05, 3.63) is 47.8 Å². The van der Waals surface area contributed by atoms with E-state index < -0.39 is 0 Å². The number of benzene rings is 1. The summed E-state index contributed by atoms with van der Waals surface area (Å²) in [7, 11) is 0. The third kappa shape index (κ3) is 2.50. The fourth-order valence-corrected chi connectivity index (χ4v) is 3.03. The molecule has 0 bridgehead atoms. The van der Waals surface area contributed by atoms with Crippen molar-refractivity contribution in [3.63, 3.8) is 0 Å². The molecule has 2 aromatic rings. The van der Waals surface area contributed by atoms with Gasteiger partial charge in [-0.1, -0.05) is 18.2 Å². The average Bonchev–Trinajstić information content (AvgIpc) is 2.86. The Morgan fingerprint density at radius 2 is 2.21 bits per heavy atom. The minimum absolute atomic E-state index is 0.543. The van der Waals surface area contributed by atoms with E-state index in [0.717, 1.165) is 13.0 Å². The van der Waals surface area contributed by atoms with Crippen LogP contribution in [0.2, 0.25) is 0 Å². The van der Waals surface area contributed by atoms with Crippen molar-refractivity contribution < 1.29 is 0 Å². The molecule has 100 valence electrons. The van der Waals surface area contributed by atoms with Crippen LogP contribution in [0.3, 0.4) is 0 Å². The predicted molar refractivity (Wildman–Crippen MR) is 78.5 cm³/mol. The largest absolute Gasteiger partial charge is 0.382 e. The first-order valence-electron chi connectivity index (χ1n) is 7.13. The standard InChI is InChI=1S/C16H21N3/c1-3-19-11-13(10-17-19)9-14-8-12(2)18-16-7-5-4-6-15(14)16/h4-7,10-12,14,18H,3,8-9H2,1-2H3. The maximum absolute atomic E-state index is 4.38. The normalized spacial score (nSPS) is 21.8. The lowest BCUT2D eigenvalue weighted by Gasteiger charge is -2.31. The second kappa shape index (κ2) is 5.08. The van der Waals surface area contributed by atoms with Crippen LogP contribution in [0.4, 0.5) is 5.69 Å². The Kier molecular flexibility index (Phi) is 3.28. The number of nitrogens with one attached hydrogen (secondary N) is 1. The SMILES string of the molecule is CCn1cc(CC2CC(C)Nc3ccccc32)cn1. The Morgan fingerprint density at radius 3 is 3.00 bits per heavy atom. The summed E-state index contributed by atoms with van der Waals surface area (Å²) in [6.45, 7) is 5.33. The third-order valence-electron chi connectivity index (χ3n) is 3.93. The molecule has 1 aromatic carbocycles. The Labute approximate surface area is 114 Å². The molecule has 0 saturated carbocycles. The highest BCUT2D eigenvalue weighted by Crippen LogP contribution is 2.36. The zero-order valence-corrected chi connectivity index (χ0v) is 11.6. The van der Waals surface area contributed by atoms with Crippen molar-refractivity contribution in [2.24, 2.45) is 0 Å². The average molecular weight is 255 g/mol. The topological polar surface area (TPSA) is 29.9 Å². The molecule has 0 aliphatic carbocycles. The molecule has 3 rings (SSSR count). The molecule has 1 aliphatic heterocycles. The van der Waals surface area contributed by atoms with E-state index in [1.54, 1.807) is 0 Å². The van der Waals surface area contributed by atoms with E-state index in [9.17, 15) is 0 Å². The molecule has 0 amide bonds. The summed E-state index contributed by atoms with van der Waals surface area (Å²) < 4.78 is 2.01. The van der Waals surface area contributed by atoms with Gasteiger partial charge in [-0.15, -0.1) is 0 Å². The molecule has 3 nitrogen and oxygen atoms in total. The van der Waals surface area contributed by atoms with E-state index in [1.165, 1.54) is 23.2 Å². The molecule has 0 radical (unpaired) electrons. The maximum Gasteiger partial charge on any atom is 0.0521 e. The Hall–Kier alpha value is -1.77. The number of fused-ring (bicyclic) bond motifs is 1. The lowest BCUT2D eigenvalue weighted by atomic mass is 9.84. The van der Waals surface area contributed by atoms with Gasteiger partial charge >= 0.3 is 0 Å². The van der Waals surface area contributed by atoms with Crippen LogP contribution in [-0.2, 0) is 13.0 Å². The lowest BCUT2D eigenvalue weighted by molar-refractivity contribution is 0.551. The highest BCUT2D eigenvalue weighted by atomic mass is 15.3. The van der Waals surface area contributed by atoms with Crippen molar-refractivity contribution in [1.29, 1.82) is 0 Å². The van der Waals surface area contributed by atoms with Crippen LogP contribution >= 0.6 is 0 Å². The van der Waals surface area contributed by atoms with Gasteiger partial charge in [0.15, 0.2) is 0 Å². The number of aryl methyl sites for hydroxylation is 1. The van der Waals surface area contributed by atoms with E-state index in [0.29, 0.717) is 12.0 Å². The molecule has 0 saturated heterocycles. The number of hydrogen-bond acceptors (Lipinski definition) is 2. The van der Waals surface area contributed by atoms with E-state index in [4.69, 9.17) is 0 Å². The molecule has 1 N–H and O–H groups in total. The second-order valence-electron chi connectivity index (χ2n) is 5.47. The second-order valence-corrected chi connectivity index (χ2v) is 5.47. The van der Waals surface area contributed by atoms with E-state index in [-0.39, 0.29) is 0 Å². The van der Waals surface area contributed by atoms with Crippen LogP contribution in [0.5, 0.6) is 0 Å². The van der Waals surface area contributed by atoms with Gasteiger partial charge in [0.2, 0.25) is 0 Å². The van der Waals surface area contributed by atoms with Gasteiger partial charge in [-0.3, -0.25) is 4.68 Å². The minimum Gasteiger partial charge on any atom is -0.382 e. The van der Waals surface area contributed by atoms with Crippen LogP contribution in [-0.4, -0.2) is 15.8 Å². The zero-order valence-electron chi connectivity index (χ0n) is 11.6.